The Balaban J connectivity index is 1.68. The molecule has 214 valence electrons. The number of rotatable bonds is 15. The number of nitriles is 4. The van der Waals surface area contributed by atoms with Crippen LogP contribution < -0.4 is 15.8 Å². The highest BCUT2D eigenvalue weighted by molar-refractivity contribution is 6.07. The number of unbranched alkanes of at least 4 members (excludes halogenated alkanes) is 12. The van der Waals surface area contributed by atoms with Crippen LogP contribution in [0.1, 0.15) is 96.8 Å². The summed E-state index contributed by atoms with van der Waals surface area (Å²) in [6, 6.07) is 20.3. The molecule has 0 bridgehead atoms. The molecule has 0 atom stereocenters. The molecule has 0 spiro atoms. The van der Waals surface area contributed by atoms with Gasteiger partial charge in [-0.3, -0.25) is 4.79 Å². The number of anilines is 1. The van der Waals surface area contributed by atoms with Crippen LogP contribution in [0, 0.1) is 45.3 Å². The minimum Gasteiger partial charge on any atom is -0.326 e. The van der Waals surface area contributed by atoms with E-state index in [-0.39, 0.29) is 17.1 Å². The van der Waals surface area contributed by atoms with Crippen molar-refractivity contribution in [3.63, 3.8) is 0 Å². The minimum atomic E-state index is -0.0916. The largest absolute Gasteiger partial charge is 0.326 e. The van der Waals surface area contributed by atoms with E-state index in [1.807, 2.05) is 24.3 Å². The van der Waals surface area contributed by atoms with Gasteiger partial charge in [-0.25, -0.2) is 0 Å². The van der Waals surface area contributed by atoms with Crippen molar-refractivity contribution in [2.45, 2.75) is 96.8 Å². The second-order valence-electron chi connectivity index (χ2n) is 10.8. The molecule has 42 heavy (non-hydrogen) atoms. The van der Waals surface area contributed by atoms with Gasteiger partial charge in [0.25, 0.3) is 0 Å². The third-order valence-corrected chi connectivity index (χ3v) is 7.76. The van der Waals surface area contributed by atoms with Gasteiger partial charge in [0.1, 0.15) is 35.4 Å². The van der Waals surface area contributed by atoms with Crippen molar-refractivity contribution in [1.29, 1.82) is 21.0 Å². The smallest absolute Gasteiger partial charge is 0.224 e. The Hall–Kier alpha value is -4.65. The SMILES string of the molecule is CCCCCCCCCCCCCCCC(=O)Nc1ccc2c(=C(C#N)C#N)c3ccccc3c(=C(C#N)C#N)c2c1. The second-order valence-corrected chi connectivity index (χ2v) is 10.8. The quantitative estimate of drug-likeness (QED) is 0.151. The van der Waals surface area contributed by atoms with Crippen molar-refractivity contribution in [1.82, 2.24) is 0 Å². The number of carbonyl (C=O) groups is 1. The van der Waals surface area contributed by atoms with Crippen molar-refractivity contribution in [2.75, 3.05) is 5.32 Å². The molecule has 1 amide bonds. The maximum absolute atomic E-state index is 12.7. The molecule has 0 radical (unpaired) electrons. The van der Waals surface area contributed by atoms with Crippen molar-refractivity contribution < 1.29 is 4.79 Å². The molecule has 0 fully saturated rings. The van der Waals surface area contributed by atoms with E-state index in [1.54, 1.807) is 42.5 Å². The minimum absolute atomic E-state index is 0.0580. The number of nitrogens with one attached hydrogen (secondary N) is 1. The first-order valence-corrected chi connectivity index (χ1v) is 15.2. The molecule has 0 heterocycles. The highest BCUT2D eigenvalue weighted by atomic mass is 16.1. The molecule has 3 aromatic rings. The van der Waals surface area contributed by atoms with Gasteiger partial charge in [-0.15, -0.1) is 0 Å². The molecule has 0 aliphatic heterocycles. The molecule has 0 saturated carbocycles. The molecule has 0 aromatic heterocycles. The van der Waals surface area contributed by atoms with Gasteiger partial charge >= 0.3 is 0 Å². The second kappa shape index (κ2) is 17.2. The Morgan fingerprint density at radius 2 is 1.02 bits per heavy atom. The van der Waals surface area contributed by atoms with Gasteiger partial charge in [0.05, 0.1) is 0 Å². The molecule has 0 aliphatic carbocycles. The Morgan fingerprint density at radius 1 is 0.595 bits per heavy atom. The molecular weight excluding hydrogens is 518 g/mol. The number of benzene rings is 3. The van der Waals surface area contributed by atoms with E-state index >= 15 is 0 Å². The third kappa shape index (κ3) is 8.43. The normalized spacial score (nSPS) is 10.4. The monoisotopic (exact) mass is 557 g/mol. The summed E-state index contributed by atoms with van der Waals surface area (Å²) < 4.78 is 0. The van der Waals surface area contributed by atoms with Crippen LogP contribution in [0.4, 0.5) is 5.69 Å². The van der Waals surface area contributed by atoms with Gasteiger partial charge in [-0.1, -0.05) is 114 Å². The van der Waals surface area contributed by atoms with E-state index in [0.29, 0.717) is 44.1 Å². The highest BCUT2D eigenvalue weighted by Gasteiger charge is 2.14. The summed E-state index contributed by atoms with van der Waals surface area (Å²) in [6.45, 7) is 2.25. The number of hydrogen-bond donors (Lipinski definition) is 1. The number of hydrogen-bond acceptors (Lipinski definition) is 5. The number of amides is 1. The van der Waals surface area contributed by atoms with E-state index in [9.17, 15) is 25.8 Å². The third-order valence-electron chi connectivity index (χ3n) is 7.76. The van der Waals surface area contributed by atoms with Crippen LogP contribution in [0.3, 0.4) is 0 Å². The zero-order valence-corrected chi connectivity index (χ0v) is 24.6. The fraction of sp³-hybridized carbons (Fsp3) is 0.417. The molecule has 0 saturated heterocycles. The Bertz CT molecular complexity index is 1660. The Morgan fingerprint density at radius 3 is 1.50 bits per heavy atom. The fourth-order valence-electron chi connectivity index (χ4n) is 5.60. The molecular formula is C36H39N5O. The van der Waals surface area contributed by atoms with E-state index < -0.39 is 0 Å². The predicted octanol–water partition coefficient (Wildman–Crippen LogP) is 7.81. The van der Waals surface area contributed by atoms with Crippen molar-refractivity contribution in [2.24, 2.45) is 0 Å². The molecule has 3 aromatic carbocycles. The molecule has 6 heteroatoms. The van der Waals surface area contributed by atoms with Gasteiger partial charge < -0.3 is 5.32 Å². The summed E-state index contributed by atoms with van der Waals surface area (Å²) in [5.74, 6) is -0.0916. The number of carbonyl (C=O) groups excluding carboxylic acids is 1. The van der Waals surface area contributed by atoms with E-state index in [1.165, 1.54) is 64.2 Å². The highest BCUT2D eigenvalue weighted by Crippen LogP contribution is 2.21. The molecule has 3 rings (SSSR count). The maximum atomic E-state index is 12.7. The van der Waals surface area contributed by atoms with Crippen LogP contribution in [-0.4, -0.2) is 5.91 Å². The van der Waals surface area contributed by atoms with Crippen LogP contribution in [-0.2, 0) is 4.79 Å². The van der Waals surface area contributed by atoms with Crippen LogP contribution >= 0.6 is 0 Å². The lowest BCUT2D eigenvalue weighted by molar-refractivity contribution is -0.116. The first-order valence-electron chi connectivity index (χ1n) is 15.2. The average molecular weight is 558 g/mol. The molecule has 6 nitrogen and oxygen atoms in total. The first kappa shape index (κ1) is 31.9. The molecule has 0 unspecified atom stereocenters. The summed E-state index contributed by atoms with van der Waals surface area (Å²) in [5.41, 5.74) is 0.404. The van der Waals surface area contributed by atoms with Crippen molar-refractivity contribution >= 4 is 44.3 Å². The topological polar surface area (TPSA) is 124 Å². The number of fused-ring (bicyclic) bond motifs is 2. The Labute approximate surface area is 249 Å². The Kier molecular flexibility index (Phi) is 13.1. The van der Waals surface area contributed by atoms with Crippen LogP contribution in [0.2, 0.25) is 0 Å². The van der Waals surface area contributed by atoms with E-state index in [0.717, 1.165) is 19.3 Å². The summed E-state index contributed by atoms with van der Waals surface area (Å²) in [7, 11) is 0. The lowest BCUT2D eigenvalue weighted by Gasteiger charge is -2.11. The summed E-state index contributed by atoms with van der Waals surface area (Å²) in [4.78, 5) is 12.7. The van der Waals surface area contributed by atoms with Gasteiger partial charge in [0, 0.05) is 22.5 Å². The standard InChI is InChI=1S/C36H39N5O/c1-2-3-4-5-6-7-8-9-10-11-12-13-14-19-34(42)41-29-20-21-32-33(22-29)36(28(25-39)26-40)31-18-16-15-17-30(31)35(32)27(23-37)24-38/h15-18,20-22H,2-14,19H2,1H3,(H,41,42). The zero-order valence-electron chi connectivity index (χ0n) is 24.6. The van der Waals surface area contributed by atoms with Crippen molar-refractivity contribution in [3.8, 4) is 24.3 Å². The van der Waals surface area contributed by atoms with Gasteiger partial charge in [-0.05, 0) is 40.1 Å². The van der Waals surface area contributed by atoms with Gasteiger partial charge in [-0.2, -0.15) is 21.0 Å². The average Bonchev–Trinajstić information content (AvgIpc) is 3.01. The summed E-state index contributed by atoms with van der Waals surface area (Å²) >= 11 is 0. The number of nitrogens with zero attached hydrogens (tertiary/aromatic N) is 4. The molecule has 0 aliphatic rings. The van der Waals surface area contributed by atoms with Crippen LogP contribution in [0.25, 0.3) is 32.7 Å². The lowest BCUT2D eigenvalue weighted by Crippen LogP contribution is -2.19. The lowest BCUT2D eigenvalue weighted by atomic mass is 9.93. The van der Waals surface area contributed by atoms with Gasteiger partial charge in [0.15, 0.2) is 0 Å². The molecule has 1 N–H and O–H groups in total. The van der Waals surface area contributed by atoms with E-state index in [2.05, 4.69) is 12.2 Å². The maximum Gasteiger partial charge on any atom is 0.224 e. The van der Waals surface area contributed by atoms with E-state index in [4.69, 9.17) is 0 Å². The first-order chi connectivity index (χ1) is 20.6. The summed E-state index contributed by atoms with van der Waals surface area (Å²) in [5, 5.41) is 45.0. The van der Waals surface area contributed by atoms with Crippen molar-refractivity contribution in [3.05, 3.63) is 52.9 Å². The fourth-order valence-corrected chi connectivity index (χ4v) is 5.60. The van der Waals surface area contributed by atoms with Crippen LogP contribution in [0.15, 0.2) is 42.5 Å². The summed E-state index contributed by atoms with van der Waals surface area (Å²) in [6.07, 6.45) is 16.6. The zero-order chi connectivity index (χ0) is 30.2. The van der Waals surface area contributed by atoms with Gasteiger partial charge in [0.2, 0.25) is 5.91 Å². The predicted molar refractivity (Wildman–Crippen MR) is 169 cm³/mol. The van der Waals surface area contributed by atoms with Crippen LogP contribution in [0.5, 0.6) is 0 Å².